The average molecular weight is 237 g/mol. The molecule has 0 atom stereocenters. The fourth-order valence-corrected chi connectivity index (χ4v) is 1.77. The van der Waals surface area contributed by atoms with E-state index in [2.05, 4.69) is 5.10 Å². The summed E-state index contributed by atoms with van der Waals surface area (Å²) in [6, 6.07) is 7.26. The summed E-state index contributed by atoms with van der Waals surface area (Å²) in [6.45, 7) is 1.92. The molecule has 0 saturated carbocycles. The summed E-state index contributed by atoms with van der Waals surface area (Å²) in [5, 5.41) is 4.00. The van der Waals surface area contributed by atoms with Crippen molar-refractivity contribution in [1.29, 1.82) is 0 Å². The average Bonchev–Trinajstić information content (AvgIpc) is 2.73. The molecule has 2 N–H and O–H groups in total. The van der Waals surface area contributed by atoms with Crippen molar-refractivity contribution < 1.29 is 8.78 Å². The van der Waals surface area contributed by atoms with Crippen molar-refractivity contribution in [3.63, 3.8) is 0 Å². The summed E-state index contributed by atoms with van der Waals surface area (Å²) in [5.74, 6) is 0. The van der Waals surface area contributed by atoms with E-state index in [9.17, 15) is 8.78 Å². The lowest BCUT2D eigenvalue weighted by molar-refractivity contribution is 0.141. The van der Waals surface area contributed by atoms with Gasteiger partial charge in [0.25, 0.3) is 6.43 Å². The normalized spacial score (nSPS) is 11.1. The van der Waals surface area contributed by atoms with Crippen LogP contribution in [0.15, 0.2) is 30.5 Å². The first-order chi connectivity index (χ1) is 8.15. The van der Waals surface area contributed by atoms with Crippen LogP contribution < -0.4 is 5.73 Å². The molecule has 1 aromatic heterocycles. The number of hydrogen-bond donors (Lipinski definition) is 1. The van der Waals surface area contributed by atoms with Crippen molar-refractivity contribution in [2.75, 3.05) is 0 Å². The fraction of sp³-hybridized carbons (Fsp3) is 0.250. The summed E-state index contributed by atoms with van der Waals surface area (Å²) in [5.41, 5.74) is 7.23. The van der Waals surface area contributed by atoms with Gasteiger partial charge in [-0.3, -0.25) is 0 Å². The summed E-state index contributed by atoms with van der Waals surface area (Å²) >= 11 is 0. The molecular formula is C12H13F2N3. The van der Waals surface area contributed by atoms with E-state index in [1.807, 2.05) is 19.1 Å². The highest BCUT2D eigenvalue weighted by Gasteiger charge is 2.20. The zero-order valence-corrected chi connectivity index (χ0v) is 9.40. The molecule has 0 spiro atoms. The Balaban J connectivity index is 2.60. The highest BCUT2D eigenvalue weighted by molar-refractivity contribution is 5.42. The van der Waals surface area contributed by atoms with Gasteiger partial charge in [0, 0.05) is 12.1 Å². The molecule has 0 radical (unpaired) electrons. The molecule has 0 aliphatic rings. The van der Waals surface area contributed by atoms with E-state index in [4.69, 9.17) is 5.73 Å². The van der Waals surface area contributed by atoms with Crippen LogP contribution in [0.4, 0.5) is 8.78 Å². The Bertz CT molecular complexity index is 520. The molecule has 17 heavy (non-hydrogen) atoms. The number of aromatic nitrogens is 2. The summed E-state index contributed by atoms with van der Waals surface area (Å²) < 4.78 is 27.3. The summed E-state index contributed by atoms with van der Waals surface area (Å²) in [4.78, 5) is 0. The van der Waals surface area contributed by atoms with Gasteiger partial charge in [-0.2, -0.15) is 5.10 Å². The summed E-state index contributed by atoms with van der Waals surface area (Å²) in [6.07, 6.45) is -1.19. The van der Waals surface area contributed by atoms with Crippen LogP contribution in [-0.4, -0.2) is 9.78 Å². The van der Waals surface area contributed by atoms with E-state index < -0.39 is 6.43 Å². The van der Waals surface area contributed by atoms with Gasteiger partial charge in [-0.05, 0) is 18.6 Å². The van der Waals surface area contributed by atoms with E-state index in [0.29, 0.717) is 11.3 Å². The van der Waals surface area contributed by atoms with Gasteiger partial charge in [-0.1, -0.05) is 18.2 Å². The Hall–Kier alpha value is -1.75. The second-order valence-electron chi connectivity index (χ2n) is 3.76. The number of benzene rings is 1. The van der Waals surface area contributed by atoms with E-state index in [0.717, 1.165) is 5.56 Å². The second kappa shape index (κ2) is 4.63. The van der Waals surface area contributed by atoms with Crippen LogP contribution in [0, 0.1) is 6.92 Å². The lowest BCUT2D eigenvalue weighted by Crippen LogP contribution is -2.07. The molecule has 3 nitrogen and oxygen atoms in total. The molecule has 0 fully saturated rings. The first kappa shape index (κ1) is 11.7. The SMILES string of the molecule is Cc1ccccc1-n1ncc(CN)c1C(F)F. The molecule has 1 aromatic carbocycles. The van der Waals surface area contributed by atoms with Crippen LogP contribution in [0.3, 0.4) is 0 Å². The van der Waals surface area contributed by atoms with Crippen molar-refractivity contribution in [2.24, 2.45) is 5.73 Å². The fourth-order valence-electron chi connectivity index (χ4n) is 1.77. The molecule has 0 aliphatic carbocycles. The number of rotatable bonds is 3. The van der Waals surface area contributed by atoms with Crippen molar-refractivity contribution in [3.05, 3.63) is 47.3 Å². The molecule has 90 valence electrons. The number of aryl methyl sites for hydroxylation is 1. The Morgan fingerprint density at radius 3 is 2.65 bits per heavy atom. The molecule has 1 heterocycles. The van der Waals surface area contributed by atoms with E-state index >= 15 is 0 Å². The van der Waals surface area contributed by atoms with Crippen LogP contribution in [0.2, 0.25) is 0 Å². The van der Waals surface area contributed by atoms with Crippen LogP contribution in [-0.2, 0) is 6.54 Å². The topological polar surface area (TPSA) is 43.8 Å². The van der Waals surface area contributed by atoms with E-state index in [-0.39, 0.29) is 12.2 Å². The molecule has 2 rings (SSSR count). The maximum Gasteiger partial charge on any atom is 0.280 e. The number of para-hydroxylation sites is 1. The van der Waals surface area contributed by atoms with Crippen molar-refractivity contribution in [2.45, 2.75) is 19.9 Å². The van der Waals surface area contributed by atoms with Gasteiger partial charge < -0.3 is 5.73 Å². The van der Waals surface area contributed by atoms with Crippen LogP contribution >= 0.6 is 0 Å². The van der Waals surface area contributed by atoms with E-state index in [1.54, 1.807) is 12.1 Å². The lowest BCUT2D eigenvalue weighted by Gasteiger charge is -2.10. The van der Waals surface area contributed by atoms with Crippen LogP contribution in [0.25, 0.3) is 5.69 Å². The zero-order valence-electron chi connectivity index (χ0n) is 9.40. The maximum absolute atomic E-state index is 13.0. The van der Waals surface area contributed by atoms with Gasteiger partial charge in [0.1, 0.15) is 5.69 Å². The number of nitrogens with two attached hydrogens (primary N) is 1. The maximum atomic E-state index is 13.0. The minimum Gasteiger partial charge on any atom is -0.326 e. The second-order valence-corrected chi connectivity index (χ2v) is 3.76. The van der Waals surface area contributed by atoms with Gasteiger partial charge in [-0.25, -0.2) is 13.5 Å². The highest BCUT2D eigenvalue weighted by atomic mass is 19.3. The standard InChI is InChI=1S/C12H13F2N3/c1-8-4-2-3-5-10(8)17-11(12(13)14)9(6-15)7-16-17/h2-5,7,12H,6,15H2,1H3. The smallest absolute Gasteiger partial charge is 0.280 e. The molecule has 0 amide bonds. The Labute approximate surface area is 97.9 Å². The molecular weight excluding hydrogens is 224 g/mol. The third-order valence-corrected chi connectivity index (χ3v) is 2.66. The predicted molar refractivity (Wildman–Crippen MR) is 61.1 cm³/mol. The third kappa shape index (κ3) is 2.06. The highest BCUT2D eigenvalue weighted by Crippen LogP contribution is 2.26. The molecule has 0 unspecified atom stereocenters. The van der Waals surface area contributed by atoms with Gasteiger partial charge in [0.05, 0.1) is 11.9 Å². The number of hydrogen-bond acceptors (Lipinski definition) is 2. The quantitative estimate of drug-likeness (QED) is 0.891. The van der Waals surface area contributed by atoms with Gasteiger partial charge >= 0.3 is 0 Å². The Kier molecular flexibility index (Phi) is 3.19. The summed E-state index contributed by atoms with van der Waals surface area (Å²) in [7, 11) is 0. The minimum absolute atomic E-state index is 0.0611. The lowest BCUT2D eigenvalue weighted by atomic mass is 10.2. The Morgan fingerprint density at radius 2 is 2.06 bits per heavy atom. The molecule has 2 aromatic rings. The first-order valence-electron chi connectivity index (χ1n) is 5.26. The van der Waals surface area contributed by atoms with Crippen molar-refractivity contribution in [3.8, 4) is 5.69 Å². The van der Waals surface area contributed by atoms with Crippen molar-refractivity contribution in [1.82, 2.24) is 9.78 Å². The number of nitrogens with zero attached hydrogens (tertiary/aromatic N) is 2. The third-order valence-electron chi connectivity index (χ3n) is 2.66. The first-order valence-corrected chi connectivity index (χ1v) is 5.26. The molecule has 0 bridgehead atoms. The van der Waals surface area contributed by atoms with Gasteiger partial charge in [0.15, 0.2) is 0 Å². The molecule has 0 aliphatic heterocycles. The van der Waals surface area contributed by atoms with E-state index in [1.165, 1.54) is 10.9 Å². The van der Waals surface area contributed by atoms with Crippen molar-refractivity contribution >= 4 is 0 Å². The number of alkyl halides is 2. The minimum atomic E-state index is -2.59. The number of halogens is 2. The van der Waals surface area contributed by atoms with Crippen LogP contribution in [0.5, 0.6) is 0 Å². The van der Waals surface area contributed by atoms with Gasteiger partial charge in [-0.15, -0.1) is 0 Å². The van der Waals surface area contributed by atoms with Gasteiger partial charge in [0.2, 0.25) is 0 Å². The molecule has 5 heteroatoms. The predicted octanol–water partition coefficient (Wildman–Crippen LogP) is 2.58. The monoisotopic (exact) mass is 237 g/mol. The van der Waals surface area contributed by atoms with Crippen LogP contribution in [0.1, 0.15) is 23.2 Å². The largest absolute Gasteiger partial charge is 0.326 e. The zero-order chi connectivity index (χ0) is 12.4. The molecule has 0 saturated heterocycles. The Morgan fingerprint density at radius 1 is 1.35 bits per heavy atom.